The van der Waals surface area contributed by atoms with Gasteiger partial charge >= 0.3 is 0 Å². The van der Waals surface area contributed by atoms with Crippen LogP contribution in [0.5, 0.6) is 11.5 Å². The Balaban J connectivity index is 1.79. The van der Waals surface area contributed by atoms with E-state index in [1.54, 1.807) is 12.1 Å². The first kappa shape index (κ1) is 14.7. The predicted molar refractivity (Wildman–Crippen MR) is 90.3 cm³/mol. The second-order valence-electron chi connectivity index (χ2n) is 6.25. The summed E-state index contributed by atoms with van der Waals surface area (Å²) in [6, 6.07) is 11.8. The van der Waals surface area contributed by atoms with Gasteiger partial charge in [0.15, 0.2) is 0 Å². The molecule has 22 heavy (non-hydrogen) atoms. The van der Waals surface area contributed by atoms with E-state index in [1.807, 2.05) is 26.0 Å². The standard InChI is InChI=1S/C20H22O2/c1-13-11-17(7-9-19(13)21)15-3-5-16(6-4-15)18-8-10-20(22)14(2)12-18/h3,7-12,16,21-22H,4-6H2,1-2H3. The molecular weight excluding hydrogens is 272 g/mol. The number of aromatic hydroxyl groups is 2. The highest BCUT2D eigenvalue weighted by Gasteiger charge is 2.18. The van der Waals surface area contributed by atoms with Gasteiger partial charge in [-0.2, -0.15) is 0 Å². The van der Waals surface area contributed by atoms with Gasteiger partial charge in [-0.3, -0.25) is 0 Å². The van der Waals surface area contributed by atoms with Crippen LogP contribution in [-0.4, -0.2) is 10.2 Å². The van der Waals surface area contributed by atoms with E-state index >= 15 is 0 Å². The molecule has 0 aromatic heterocycles. The molecule has 1 atom stereocenters. The molecule has 3 rings (SSSR count). The van der Waals surface area contributed by atoms with Crippen LogP contribution in [0.25, 0.3) is 5.57 Å². The lowest BCUT2D eigenvalue weighted by Gasteiger charge is -2.23. The van der Waals surface area contributed by atoms with Gasteiger partial charge in [0, 0.05) is 0 Å². The summed E-state index contributed by atoms with van der Waals surface area (Å²) in [5.74, 6) is 1.26. The lowest BCUT2D eigenvalue weighted by Crippen LogP contribution is -2.04. The predicted octanol–water partition coefficient (Wildman–Crippen LogP) is 5.07. The number of aryl methyl sites for hydroxylation is 2. The van der Waals surface area contributed by atoms with Gasteiger partial charge in [-0.1, -0.05) is 24.3 Å². The Bertz CT molecular complexity index is 728. The van der Waals surface area contributed by atoms with Crippen molar-refractivity contribution in [3.05, 3.63) is 64.7 Å². The van der Waals surface area contributed by atoms with E-state index in [1.165, 1.54) is 16.7 Å². The van der Waals surface area contributed by atoms with E-state index in [2.05, 4.69) is 18.2 Å². The van der Waals surface area contributed by atoms with E-state index in [-0.39, 0.29) is 0 Å². The minimum absolute atomic E-state index is 0.359. The third-order valence-corrected chi connectivity index (χ3v) is 4.67. The largest absolute Gasteiger partial charge is 0.508 e. The van der Waals surface area contributed by atoms with Crippen LogP contribution in [0.3, 0.4) is 0 Å². The Morgan fingerprint density at radius 1 is 0.909 bits per heavy atom. The summed E-state index contributed by atoms with van der Waals surface area (Å²) in [4.78, 5) is 0. The normalized spacial score (nSPS) is 18.1. The van der Waals surface area contributed by atoms with Crippen molar-refractivity contribution in [2.75, 3.05) is 0 Å². The van der Waals surface area contributed by atoms with Crippen LogP contribution < -0.4 is 0 Å². The fourth-order valence-corrected chi connectivity index (χ4v) is 3.19. The highest BCUT2D eigenvalue weighted by atomic mass is 16.3. The molecule has 2 aromatic carbocycles. The Labute approximate surface area is 131 Å². The maximum Gasteiger partial charge on any atom is 0.118 e. The van der Waals surface area contributed by atoms with Gasteiger partial charge in [-0.05, 0) is 85.1 Å². The second kappa shape index (κ2) is 5.88. The van der Waals surface area contributed by atoms with Crippen LogP contribution in [0.4, 0.5) is 0 Å². The Morgan fingerprint density at radius 2 is 1.59 bits per heavy atom. The Kier molecular flexibility index (Phi) is 3.93. The van der Waals surface area contributed by atoms with Crippen LogP contribution in [0, 0.1) is 13.8 Å². The van der Waals surface area contributed by atoms with Gasteiger partial charge in [-0.25, -0.2) is 0 Å². The molecule has 1 aliphatic carbocycles. The molecule has 0 spiro atoms. The van der Waals surface area contributed by atoms with Crippen LogP contribution in [0.1, 0.15) is 47.4 Å². The molecule has 0 amide bonds. The van der Waals surface area contributed by atoms with Crippen LogP contribution in [0.2, 0.25) is 0 Å². The highest BCUT2D eigenvalue weighted by Crippen LogP contribution is 2.37. The number of allylic oxidation sites excluding steroid dienone is 2. The summed E-state index contributed by atoms with van der Waals surface area (Å²) in [6.45, 7) is 3.88. The topological polar surface area (TPSA) is 40.5 Å². The number of rotatable bonds is 2. The first-order valence-electron chi connectivity index (χ1n) is 7.83. The lowest BCUT2D eigenvalue weighted by atomic mass is 9.82. The van der Waals surface area contributed by atoms with Crippen molar-refractivity contribution in [3.8, 4) is 11.5 Å². The van der Waals surface area contributed by atoms with Crippen LogP contribution >= 0.6 is 0 Å². The molecule has 0 aliphatic heterocycles. The van der Waals surface area contributed by atoms with Crippen molar-refractivity contribution in [1.29, 1.82) is 0 Å². The zero-order valence-electron chi connectivity index (χ0n) is 13.1. The molecule has 1 aliphatic rings. The van der Waals surface area contributed by atoms with Crippen molar-refractivity contribution < 1.29 is 10.2 Å². The molecule has 114 valence electrons. The van der Waals surface area contributed by atoms with Gasteiger partial charge in [-0.15, -0.1) is 0 Å². The van der Waals surface area contributed by atoms with E-state index < -0.39 is 0 Å². The van der Waals surface area contributed by atoms with Crippen molar-refractivity contribution in [1.82, 2.24) is 0 Å². The number of phenols is 2. The SMILES string of the molecule is Cc1cc(C2=CCC(c3ccc(O)c(C)c3)CC2)ccc1O. The molecule has 0 radical (unpaired) electrons. The van der Waals surface area contributed by atoms with Gasteiger partial charge in [0.2, 0.25) is 0 Å². The summed E-state index contributed by atoms with van der Waals surface area (Å²) in [5.41, 5.74) is 5.77. The molecular formula is C20H22O2. The minimum Gasteiger partial charge on any atom is -0.508 e. The minimum atomic E-state index is 0.359. The maximum absolute atomic E-state index is 9.65. The third kappa shape index (κ3) is 2.87. The summed E-state index contributed by atoms with van der Waals surface area (Å²) in [7, 11) is 0. The summed E-state index contributed by atoms with van der Waals surface area (Å²) in [5, 5.41) is 19.3. The van der Waals surface area contributed by atoms with Gasteiger partial charge in [0.1, 0.15) is 11.5 Å². The summed E-state index contributed by atoms with van der Waals surface area (Å²) < 4.78 is 0. The monoisotopic (exact) mass is 294 g/mol. The van der Waals surface area contributed by atoms with E-state index in [0.29, 0.717) is 17.4 Å². The van der Waals surface area contributed by atoms with E-state index in [9.17, 15) is 10.2 Å². The molecule has 2 nitrogen and oxygen atoms in total. The maximum atomic E-state index is 9.65. The van der Waals surface area contributed by atoms with E-state index in [4.69, 9.17) is 0 Å². The van der Waals surface area contributed by atoms with E-state index in [0.717, 1.165) is 30.4 Å². The van der Waals surface area contributed by atoms with Gasteiger partial charge in [0.05, 0.1) is 0 Å². The van der Waals surface area contributed by atoms with Crippen molar-refractivity contribution in [2.24, 2.45) is 0 Å². The van der Waals surface area contributed by atoms with Gasteiger partial charge < -0.3 is 10.2 Å². The highest BCUT2D eigenvalue weighted by molar-refractivity contribution is 5.68. The average Bonchev–Trinajstić information content (AvgIpc) is 2.53. The molecule has 2 heteroatoms. The van der Waals surface area contributed by atoms with Gasteiger partial charge in [0.25, 0.3) is 0 Å². The molecule has 0 saturated heterocycles. The molecule has 0 fully saturated rings. The molecule has 2 aromatic rings. The Hall–Kier alpha value is -2.22. The van der Waals surface area contributed by atoms with Crippen molar-refractivity contribution >= 4 is 5.57 Å². The molecule has 2 N–H and O–H groups in total. The third-order valence-electron chi connectivity index (χ3n) is 4.67. The fourth-order valence-electron chi connectivity index (χ4n) is 3.19. The Morgan fingerprint density at radius 3 is 2.18 bits per heavy atom. The first-order valence-corrected chi connectivity index (χ1v) is 7.83. The lowest BCUT2D eigenvalue weighted by molar-refractivity contribution is 0.470. The van der Waals surface area contributed by atoms with Crippen molar-refractivity contribution in [3.63, 3.8) is 0 Å². The molecule has 0 saturated carbocycles. The molecule has 0 bridgehead atoms. The fraction of sp³-hybridized carbons (Fsp3) is 0.300. The smallest absolute Gasteiger partial charge is 0.118 e. The summed E-state index contributed by atoms with van der Waals surface area (Å²) in [6.07, 6.45) is 5.52. The zero-order chi connectivity index (χ0) is 15.7. The number of hydrogen-bond acceptors (Lipinski definition) is 2. The average molecular weight is 294 g/mol. The number of phenolic OH excluding ortho intramolecular Hbond substituents is 2. The zero-order valence-corrected chi connectivity index (χ0v) is 13.1. The van der Waals surface area contributed by atoms with Crippen LogP contribution in [0.15, 0.2) is 42.5 Å². The first-order chi connectivity index (χ1) is 10.5. The number of hydrogen-bond donors (Lipinski definition) is 2. The number of benzene rings is 2. The second-order valence-corrected chi connectivity index (χ2v) is 6.25. The van der Waals surface area contributed by atoms with Crippen molar-refractivity contribution in [2.45, 2.75) is 39.0 Å². The summed E-state index contributed by atoms with van der Waals surface area (Å²) >= 11 is 0. The quantitative estimate of drug-likeness (QED) is 0.812. The van der Waals surface area contributed by atoms with Crippen LogP contribution in [-0.2, 0) is 0 Å². The molecule has 0 heterocycles. The molecule has 1 unspecified atom stereocenters.